The van der Waals surface area contributed by atoms with Gasteiger partial charge in [-0.1, -0.05) is 84.9 Å². The summed E-state index contributed by atoms with van der Waals surface area (Å²) in [5, 5.41) is 25.5. The first kappa shape index (κ1) is 31.5. The molecule has 2 fully saturated rings. The van der Waals surface area contributed by atoms with Crippen molar-refractivity contribution in [2.75, 3.05) is 13.2 Å². The highest BCUT2D eigenvalue weighted by Gasteiger charge is 2.42. The first-order chi connectivity index (χ1) is 21.9. The minimum Gasteiger partial charge on any atom is -0.391 e. The summed E-state index contributed by atoms with van der Waals surface area (Å²) in [5.41, 5.74) is 4.15. The number of nitrogens with one attached hydrogen (secondary N) is 1. The Labute approximate surface area is 266 Å². The summed E-state index contributed by atoms with van der Waals surface area (Å²) in [6, 6.07) is 27.3. The zero-order chi connectivity index (χ0) is 31.2. The topological polar surface area (TPSA) is 99.1 Å². The van der Waals surface area contributed by atoms with Gasteiger partial charge in [-0.2, -0.15) is 0 Å². The molecule has 3 aromatic rings. The van der Waals surface area contributed by atoms with E-state index in [4.69, 9.17) is 4.74 Å². The highest BCUT2D eigenvalue weighted by Crippen LogP contribution is 2.34. The van der Waals surface area contributed by atoms with Gasteiger partial charge < -0.3 is 25.2 Å². The molecule has 0 radical (unpaired) electrons. The predicted octanol–water partition coefficient (Wildman–Crippen LogP) is 4.79. The lowest BCUT2D eigenvalue weighted by Gasteiger charge is -2.30. The number of aliphatic hydroxyl groups excluding tert-OH is 2. The third kappa shape index (κ3) is 7.83. The molecule has 0 saturated carbocycles. The van der Waals surface area contributed by atoms with Crippen molar-refractivity contribution in [3.05, 3.63) is 107 Å². The maximum absolute atomic E-state index is 13.9. The van der Waals surface area contributed by atoms with Gasteiger partial charge in [0.15, 0.2) is 0 Å². The molecule has 1 aliphatic carbocycles. The van der Waals surface area contributed by atoms with E-state index in [0.717, 1.165) is 61.8 Å². The van der Waals surface area contributed by atoms with E-state index in [-0.39, 0.29) is 42.8 Å². The van der Waals surface area contributed by atoms with Crippen LogP contribution in [0.1, 0.15) is 66.8 Å². The normalized spacial score (nSPS) is 26.0. The van der Waals surface area contributed by atoms with Gasteiger partial charge in [0.25, 0.3) is 0 Å². The van der Waals surface area contributed by atoms with Crippen LogP contribution in [0.15, 0.2) is 84.9 Å². The van der Waals surface area contributed by atoms with E-state index in [1.54, 1.807) is 0 Å². The SMILES string of the molecule is O=C(N[C@H]1c2ccccc2C[C@H]1O)C(Cc1ccccc1)CC(O)CN1C(=O)C(CC2CCCCO2)C[C@@H]1Cc1ccccc1. The predicted molar refractivity (Wildman–Crippen MR) is 173 cm³/mol. The smallest absolute Gasteiger partial charge is 0.226 e. The Morgan fingerprint density at radius 1 is 0.956 bits per heavy atom. The monoisotopic (exact) mass is 610 g/mol. The van der Waals surface area contributed by atoms with Crippen molar-refractivity contribution in [2.45, 2.75) is 88.2 Å². The number of nitrogens with zero attached hydrogens (tertiary/aromatic N) is 1. The second-order valence-corrected chi connectivity index (χ2v) is 13.2. The highest BCUT2D eigenvalue weighted by molar-refractivity contribution is 5.82. The second-order valence-electron chi connectivity index (χ2n) is 13.2. The number of hydrogen-bond donors (Lipinski definition) is 3. The van der Waals surface area contributed by atoms with Gasteiger partial charge in [0, 0.05) is 37.5 Å². The van der Waals surface area contributed by atoms with Crippen LogP contribution >= 0.6 is 0 Å². The number of β-amino-alcohol motifs (C(OH)–C–C–N with tert-alkyl or cyclic N) is 1. The molecule has 2 saturated heterocycles. The first-order valence-corrected chi connectivity index (χ1v) is 16.7. The lowest BCUT2D eigenvalue weighted by Crippen LogP contribution is -2.44. The Hall–Kier alpha value is -3.52. The van der Waals surface area contributed by atoms with Crippen molar-refractivity contribution < 1.29 is 24.5 Å². The van der Waals surface area contributed by atoms with Crippen LogP contribution in [-0.2, 0) is 33.6 Å². The molecule has 2 aliphatic heterocycles. The molecule has 2 amide bonds. The van der Waals surface area contributed by atoms with Gasteiger partial charge in [0.1, 0.15) is 0 Å². The molecule has 0 bridgehead atoms. The molecule has 3 aromatic carbocycles. The molecule has 6 rings (SSSR count). The van der Waals surface area contributed by atoms with Crippen molar-refractivity contribution >= 4 is 11.8 Å². The van der Waals surface area contributed by atoms with Crippen LogP contribution in [0, 0.1) is 11.8 Å². The molecule has 2 heterocycles. The van der Waals surface area contributed by atoms with Crippen LogP contribution in [-0.4, -0.2) is 64.4 Å². The number of ether oxygens (including phenoxy) is 1. The first-order valence-electron chi connectivity index (χ1n) is 16.7. The third-order valence-electron chi connectivity index (χ3n) is 9.93. The van der Waals surface area contributed by atoms with Crippen LogP contribution in [0.5, 0.6) is 0 Å². The average Bonchev–Trinajstić information content (AvgIpc) is 3.52. The van der Waals surface area contributed by atoms with Crippen molar-refractivity contribution in [2.24, 2.45) is 11.8 Å². The molecular weight excluding hydrogens is 564 g/mol. The van der Waals surface area contributed by atoms with Gasteiger partial charge >= 0.3 is 0 Å². The molecule has 238 valence electrons. The summed E-state index contributed by atoms with van der Waals surface area (Å²) in [7, 11) is 0. The number of aliphatic hydroxyl groups is 2. The number of carbonyl (C=O) groups excluding carboxylic acids is 2. The average molecular weight is 611 g/mol. The van der Waals surface area contributed by atoms with E-state index in [1.165, 1.54) is 5.56 Å². The standard InChI is InChI=1S/C38H46N2O5/c41-32(25-40-31(20-27-13-5-2-6-14-27)21-30(38(40)44)23-33-16-9-10-18-45-33)22-29(19-26-11-3-1-4-12-26)37(43)39-36-34-17-8-7-15-28(34)24-35(36)42/h1-8,11-15,17,29-33,35-36,41-42H,9-10,16,18-25H2,(H,39,43)/t29?,30?,31-,32?,33?,35+,36-/m0/s1. The maximum Gasteiger partial charge on any atom is 0.226 e. The lowest BCUT2D eigenvalue weighted by molar-refractivity contribution is -0.135. The minimum atomic E-state index is -0.878. The third-order valence-corrected chi connectivity index (χ3v) is 9.93. The molecule has 0 spiro atoms. The summed E-state index contributed by atoms with van der Waals surface area (Å²) in [6.45, 7) is 0.946. The van der Waals surface area contributed by atoms with E-state index in [0.29, 0.717) is 12.8 Å². The number of carbonyl (C=O) groups is 2. The van der Waals surface area contributed by atoms with Gasteiger partial charge in [-0.05, 0) is 73.6 Å². The summed E-state index contributed by atoms with van der Waals surface area (Å²) in [4.78, 5) is 29.6. The van der Waals surface area contributed by atoms with Crippen molar-refractivity contribution in [1.29, 1.82) is 0 Å². The van der Waals surface area contributed by atoms with Gasteiger partial charge in [-0.3, -0.25) is 9.59 Å². The number of amides is 2. The van der Waals surface area contributed by atoms with E-state index < -0.39 is 24.2 Å². The maximum atomic E-state index is 13.9. The summed E-state index contributed by atoms with van der Waals surface area (Å²) in [5.74, 6) is -0.765. The van der Waals surface area contributed by atoms with Crippen LogP contribution in [0.4, 0.5) is 0 Å². The number of hydrogen-bond acceptors (Lipinski definition) is 5. The Balaban J connectivity index is 1.17. The van der Waals surface area contributed by atoms with Crippen LogP contribution in [0.25, 0.3) is 0 Å². The fourth-order valence-corrected chi connectivity index (χ4v) is 7.63. The molecule has 4 unspecified atom stereocenters. The molecule has 0 aromatic heterocycles. The molecule has 7 nitrogen and oxygen atoms in total. The van der Waals surface area contributed by atoms with Gasteiger partial charge in [0.05, 0.1) is 24.4 Å². The largest absolute Gasteiger partial charge is 0.391 e. The number of fused-ring (bicyclic) bond motifs is 1. The van der Waals surface area contributed by atoms with E-state index in [2.05, 4.69) is 17.4 Å². The van der Waals surface area contributed by atoms with Crippen LogP contribution in [0.2, 0.25) is 0 Å². The van der Waals surface area contributed by atoms with Crippen molar-refractivity contribution in [1.82, 2.24) is 10.2 Å². The highest BCUT2D eigenvalue weighted by atomic mass is 16.5. The molecule has 7 heteroatoms. The van der Waals surface area contributed by atoms with Crippen LogP contribution in [0.3, 0.4) is 0 Å². The molecular formula is C38H46N2O5. The van der Waals surface area contributed by atoms with Gasteiger partial charge in [-0.25, -0.2) is 0 Å². The number of likely N-dealkylation sites (tertiary alicyclic amines) is 1. The number of rotatable bonds is 12. The van der Waals surface area contributed by atoms with Crippen LogP contribution < -0.4 is 5.32 Å². The second kappa shape index (κ2) is 14.7. The van der Waals surface area contributed by atoms with Gasteiger partial charge in [-0.15, -0.1) is 0 Å². The van der Waals surface area contributed by atoms with Gasteiger partial charge in [0.2, 0.25) is 11.8 Å². The summed E-state index contributed by atoms with van der Waals surface area (Å²) in [6.07, 6.45) is 5.11. The molecule has 3 N–H and O–H groups in total. The van der Waals surface area contributed by atoms with E-state index in [9.17, 15) is 19.8 Å². The Morgan fingerprint density at radius 2 is 1.67 bits per heavy atom. The molecule has 3 aliphatic rings. The minimum absolute atomic E-state index is 0.0188. The Bertz CT molecular complexity index is 1410. The van der Waals surface area contributed by atoms with Crippen molar-refractivity contribution in [3.63, 3.8) is 0 Å². The Kier molecular flexibility index (Phi) is 10.3. The van der Waals surface area contributed by atoms with E-state index in [1.807, 2.05) is 77.7 Å². The summed E-state index contributed by atoms with van der Waals surface area (Å²) < 4.78 is 6.00. The van der Waals surface area contributed by atoms with E-state index >= 15 is 0 Å². The summed E-state index contributed by atoms with van der Waals surface area (Å²) >= 11 is 0. The Morgan fingerprint density at radius 3 is 2.40 bits per heavy atom. The lowest BCUT2D eigenvalue weighted by atomic mass is 9.91. The van der Waals surface area contributed by atoms with Crippen molar-refractivity contribution in [3.8, 4) is 0 Å². The zero-order valence-electron chi connectivity index (χ0n) is 26.0. The number of benzene rings is 3. The fourth-order valence-electron chi connectivity index (χ4n) is 7.63. The quantitative estimate of drug-likeness (QED) is 0.274. The zero-order valence-corrected chi connectivity index (χ0v) is 26.0. The fraction of sp³-hybridized carbons (Fsp3) is 0.474. The molecule has 7 atom stereocenters. The molecule has 45 heavy (non-hydrogen) atoms.